The number of amides is 2. The molecule has 2 heterocycles. The zero-order chi connectivity index (χ0) is 54.6. The highest BCUT2D eigenvalue weighted by Gasteiger charge is 2.98. The van der Waals surface area contributed by atoms with E-state index in [0.717, 1.165) is 19.2 Å². The SMILES string of the molecule is CC(C)OC(=O)OCOP(=O)(OCOC(=O)OC(C)C)OC1[C@]2(OC(=O)C(NC(=O)OCc3ccccc3)C(C)C)[C@@](C)(OC(=O)C(NC(=O)OCc3ccccc3)C(C)C)[C@H](n3ccc(=O)[nH]c3=O)O[C@]12CF. The molecule has 1 aliphatic heterocycles. The number of carbonyl (C=O) groups is 6. The lowest BCUT2D eigenvalue weighted by Gasteiger charge is -2.40. The molecule has 3 N–H and O–H groups in total. The molecule has 2 aliphatic rings. The standard InChI is InChI=1S/C47H60FN4O21P/c1-27(2)34(50-41(57)62-22-31-16-12-10-13-17-31)36(54)70-45(9)39(52-21-20-33(53)49-40(52)56)72-46(24-48)38(73-74(61,66-25-64-43(59)68-29(5)6)67-26-65-44(60)69-30(7)8)47(45,46)71-37(55)35(28(3)4)51-42(58)63-23-32-18-14-11-15-19-32/h10-21,27-30,34-35,38-39H,22-26H2,1-9H3,(H,50,57)(H,51,58)(H,49,53,56)/t34?,35?,38?,39-,45+,46-,47+/m1/s1. The third-order valence-electron chi connectivity index (χ3n) is 11.2. The van der Waals surface area contributed by atoms with Crippen molar-refractivity contribution >= 4 is 44.3 Å². The van der Waals surface area contributed by atoms with Gasteiger partial charge in [0.1, 0.15) is 32.0 Å². The van der Waals surface area contributed by atoms with Crippen LogP contribution in [0, 0.1) is 11.8 Å². The monoisotopic (exact) mass is 1070 g/mol. The topological polar surface area (TPSA) is 309 Å². The van der Waals surface area contributed by atoms with Gasteiger partial charge in [-0.15, -0.1) is 0 Å². The lowest BCUT2D eigenvalue weighted by atomic mass is 9.92. The first-order chi connectivity index (χ1) is 34.9. The van der Waals surface area contributed by atoms with Crippen LogP contribution in [0.15, 0.2) is 82.5 Å². The minimum Gasteiger partial charge on any atom is -0.448 e. The first-order valence-electron chi connectivity index (χ1n) is 23.1. The van der Waals surface area contributed by atoms with E-state index in [1.165, 1.54) is 55.4 Å². The Balaban J connectivity index is 1.63. The summed E-state index contributed by atoms with van der Waals surface area (Å²) in [5.74, 6) is -4.44. The molecule has 0 bridgehead atoms. The number of hydrogen-bond donors (Lipinski definition) is 3. The third kappa shape index (κ3) is 13.8. The molecule has 2 fully saturated rings. The Morgan fingerprint density at radius 2 is 1.16 bits per heavy atom. The van der Waals surface area contributed by atoms with Gasteiger partial charge in [0.2, 0.25) is 19.2 Å². The van der Waals surface area contributed by atoms with Gasteiger partial charge in [-0.3, -0.25) is 18.9 Å². The van der Waals surface area contributed by atoms with Crippen LogP contribution in [0.1, 0.15) is 79.7 Å². The second-order valence-corrected chi connectivity index (χ2v) is 19.7. The molecule has 2 amide bonds. The number of fused-ring (bicyclic) bond motifs is 1. The number of phosphoric acid groups is 1. The van der Waals surface area contributed by atoms with E-state index in [2.05, 4.69) is 10.6 Å². The van der Waals surface area contributed by atoms with Crippen molar-refractivity contribution in [2.45, 2.75) is 129 Å². The maximum absolute atomic E-state index is 16.5. The molecule has 0 radical (unpaired) electrons. The molecule has 25 nitrogen and oxygen atoms in total. The zero-order valence-corrected chi connectivity index (χ0v) is 42.8. The molecule has 3 unspecified atom stereocenters. The lowest BCUT2D eigenvalue weighted by molar-refractivity contribution is -0.215. The molecule has 1 aliphatic carbocycles. The molecule has 1 aromatic heterocycles. The molecule has 1 saturated heterocycles. The number of phosphoric ester groups is 1. The molecule has 1 saturated carbocycles. The van der Waals surface area contributed by atoms with Crippen molar-refractivity contribution in [2.24, 2.45) is 11.8 Å². The minimum atomic E-state index is -5.50. The van der Waals surface area contributed by atoms with E-state index in [1.54, 1.807) is 60.7 Å². The second-order valence-electron chi connectivity index (χ2n) is 18.1. The molecular weight excluding hydrogens is 1010 g/mol. The Bertz CT molecular complexity index is 2590. The Labute approximate surface area is 423 Å². The van der Waals surface area contributed by atoms with Gasteiger partial charge in [0, 0.05) is 12.3 Å². The molecule has 406 valence electrons. The lowest BCUT2D eigenvalue weighted by Crippen LogP contribution is -2.59. The molecule has 3 aromatic rings. The molecule has 5 rings (SSSR count). The van der Waals surface area contributed by atoms with Gasteiger partial charge in [0.15, 0.2) is 23.5 Å². The summed E-state index contributed by atoms with van der Waals surface area (Å²) < 4.78 is 97.1. The van der Waals surface area contributed by atoms with Crippen LogP contribution < -0.4 is 21.9 Å². The van der Waals surface area contributed by atoms with E-state index in [-0.39, 0.29) is 13.2 Å². The predicted octanol–water partition coefficient (Wildman–Crippen LogP) is 5.84. The van der Waals surface area contributed by atoms with Crippen LogP contribution in [-0.2, 0) is 83.6 Å². The molecular formula is C47H60FN4O21P. The Morgan fingerprint density at radius 3 is 1.58 bits per heavy atom. The number of nitrogens with zero attached hydrogens (tertiary/aromatic N) is 1. The average molecular weight is 1070 g/mol. The number of hydrogen-bond acceptors (Lipinski definition) is 21. The first kappa shape index (κ1) is 58.0. The summed E-state index contributed by atoms with van der Waals surface area (Å²) in [6.45, 7) is 8.09. The molecule has 74 heavy (non-hydrogen) atoms. The highest BCUT2D eigenvalue weighted by Crippen LogP contribution is 2.74. The number of ether oxygens (including phenoxy) is 9. The fraction of sp³-hybridized carbons (Fsp3) is 0.532. The summed E-state index contributed by atoms with van der Waals surface area (Å²) >= 11 is 0. The van der Waals surface area contributed by atoms with E-state index in [1.807, 2.05) is 4.98 Å². The number of aromatic nitrogens is 2. The Kier molecular flexibility index (Phi) is 19.5. The molecule has 2 aromatic carbocycles. The van der Waals surface area contributed by atoms with Crippen molar-refractivity contribution in [1.29, 1.82) is 0 Å². The summed E-state index contributed by atoms with van der Waals surface area (Å²) in [6.07, 6.45) is -9.84. The number of H-pyrrole nitrogens is 1. The van der Waals surface area contributed by atoms with Crippen LogP contribution in [0.3, 0.4) is 0 Å². The van der Waals surface area contributed by atoms with Gasteiger partial charge < -0.3 is 53.3 Å². The maximum Gasteiger partial charge on any atom is 0.510 e. The van der Waals surface area contributed by atoms with Crippen molar-refractivity contribution in [2.75, 3.05) is 20.3 Å². The number of alkyl halides is 1. The van der Waals surface area contributed by atoms with Crippen molar-refractivity contribution in [3.05, 3.63) is 105 Å². The van der Waals surface area contributed by atoms with Crippen LogP contribution in [-0.4, -0.2) is 113 Å². The largest absolute Gasteiger partial charge is 0.510 e. The molecule has 0 spiro atoms. The number of halogens is 1. The third-order valence-corrected chi connectivity index (χ3v) is 12.5. The Morgan fingerprint density at radius 1 is 0.703 bits per heavy atom. The van der Waals surface area contributed by atoms with Crippen LogP contribution in [0.4, 0.5) is 23.6 Å². The minimum absolute atomic E-state index is 0.227. The van der Waals surface area contributed by atoms with Gasteiger partial charge in [-0.25, -0.2) is 51.6 Å². The summed E-state index contributed by atoms with van der Waals surface area (Å²) in [5, 5.41) is 4.82. The van der Waals surface area contributed by atoms with Crippen molar-refractivity contribution in [3.8, 4) is 0 Å². The van der Waals surface area contributed by atoms with Crippen LogP contribution in [0.5, 0.6) is 0 Å². The summed E-state index contributed by atoms with van der Waals surface area (Å²) in [5.41, 5.74) is -9.58. The van der Waals surface area contributed by atoms with Gasteiger partial charge in [-0.05, 0) is 57.6 Å². The van der Waals surface area contributed by atoms with E-state index < -0.39 is 141 Å². The second kappa shape index (κ2) is 24.9. The van der Waals surface area contributed by atoms with Gasteiger partial charge in [0.25, 0.3) is 5.56 Å². The Hall–Kier alpha value is -6.86. The van der Waals surface area contributed by atoms with Crippen LogP contribution in [0.25, 0.3) is 0 Å². The number of benzene rings is 2. The van der Waals surface area contributed by atoms with E-state index >= 15 is 4.39 Å². The number of alkyl carbamates (subject to hydrolysis) is 2. The molecule has 7 atom stereocenters. The number of aromatic amines is 1. The van der Waals surface area contributed by atoms with Crippen molar-refractivity contribution < 1.29 is 93.9 Å². The fourth-order valence-corrected chi connectivity index (χ4v) is 8.80. The normalized spacial score (nSPS) is 21.7. The van der Waals surface area contributed by atoms with E-state index in [4.69, 9.17) is 56.2 Å². The van der Waals surface area contributed by atoms with Crippen LogP contribution >= 0.6 is 7.82 Å². The van der Waals surface area contributed by atoms with Gasteiger partial charge in [0.05, 0.1) is 12.2 Å². The van der Waals surface area contributed by atoms with E-state index in [0.29, 0.717) is 15.7 Å². The van der Waals surface area contributed by atoms with Crippen molar-refractivity contribution in [3.63, 3.8) is 0 Å². The fourth-order valence-electron chi connectivity index (χ4n) is 7.66. The summed E-state index contributed by atoms with van der Waals surface area (Å²) in [6, 6.07) is 14.5. The highest BCUT2D eigenvalue weighted by molar-refractivity contribution is 7.48. The van der Waals surface area contributed by atoms with Crippen molar-refractivity contribution in [1.82, 2.24) is 20.2 Å². The number of carbonyl (C=O) groups excluding carboxylic acids is 6. The smallest absolute Gasteiger partial charge is 0.448 e. The average Bonchev–Trinajstić information content (AvgIpc) is 3.79. The van der Waals surface area contributed by atoms with Gasteiger partial charge >= 0.3 is 49.9 Å². The van der Waals surface area contributed by atoms with Crippen LogP contribution in [0.2, 0.25) is 0 Å². The quantitative estimate of drug-likeness (QED) is 0.0411. The summed E-state index contributed by atoms with van der Waals surface area (Å²) in [7, 11) is -5.50. The number of esters is 2. The van der Waals surface area contributed by atoms with Gasteiger partial charge in [-0.2, -0.15) is 0 Å². The molecule has 27 heteroatoms. The van der Waals surface area contributed by atoms with Gasteiger partial charge in [-0.1, -0.05) is 88.4 Å². The predicted molar refractivity (Wildman–Crippen MR) is 250 cm³/mol. The first-order valence-corrected chi connectivity index (χ1v) is 24.6. The van der Waals surface area contributed by atoms with E-state index in [9.17, 15) is 42.9 Å². The summed E-state index contributed by atoms with van der Waals surface area (Å²) in [4.78, 5) is 109. The highest BCUT2D eigenvalue weighted by atomic mass is 31.2. The zero-order valence-electron chi connectivity index (χ0n) is 41.9. The number of nitrogens with one attached hydrogen (secondary N) is 3. The number of rotatable bonds is 24. The maximum atomic E-state index is 16.5.